The third-order valence-corrected chi connectivity index (χ3v) is 3.01. The van der Waals surface area contributed by atoms with E-state index in [2.05, 4.69) is 12.2 Å². The number of rotatable bonds is 8. The Morgan fingerprint density at radius 1 is 1.39 bits per heavy atom. The Balaban J connectivity index is 2.71. The maximum absolute atomic E-state index is 12.2. The Morgan fingerprint density at radius 3 is 2.83 bits per heavy atom. The van der Waals surface area contributed by atoms with Crippen LogP contribution >= 0.6 is 0 Å². The highest BCUT2D eigenvalue weighted by atomic mass is 16.5. The normalized spacial score (nSPS) is 10.8. The van der Waals surface area contributed by atoms with Gasteiger partial charge in [0.1, 0.15) is 0 Å². The maximum Gasteiger partial charge on any atom is 0.255 e. The summed E-state index contributed by atoms with van der Waals surface area (Å²) in [6, 6.07) is 3.91. The molecule has 0 amide bonds. The molecule has 0 bridgehead atoms. The monoisotopic (exact) mass is 252 g/mol. The molecule has 1 heterocycles. The average molecular weight is 252 g/mol. The molecule has 0 aromatic carbocycles. The number of hydrogen-bond acceptors (Lipinski definition) is 3. The molecule has 0 saturated heterocycles. The standard InChI is InChI=1S/C14H24N2O2/c1-4-5-8-15-11-13-7-6-12(2)16(14(13)17)9-10-18-3/h6-7,15H,4-5,8-11H2,1-3H3. The Bertz CT molecular complexity index is 413. The number of ether oxygens (including phenoxy) is 1. The zero-order valence-corrected chi connectivity index (χ0v) is 11.7. The van der Waals surface area contributed by atoms with Crippen LogP contribution in [0.25, 0.3) is 0 Å². The maximum atomic E-state index is 12.2. The van der Waals surface area contributed by atoms with Gasteiger partial charge in [0.05, 0.1) is 6.61 Å². The molecule has 0 fully saturated rings. The van der Waals surface area contributed by atoms with Gasteiger partial charge >= 0.3 is 0 Å². The fourth-order valence-corrected chi connectivity index (χ4v) is 1.84. The average Bonchev–Trinajstić information content (AvgIpc) is 2.37. The quantitative estimate of drug-likeness (QED) is 0.716. The van der Waals surface area contributed by atoms with Gasteiger partial charge < -0.3 is 14.6 Å². The van der Waals surface area contributed by atoms with Crippen LogP contribution in [0.5, 0.6) is 0 Å². The molecule has 0 aliphatic heterocycles. The second kappa shape index (κ2) is 8.06. The summed E-state index contributed by atoms with van der Waals surface area (Å²) in [5.41, 5.74) is 1.90. The lowest BCUT2D eigenvalue weighted by atomic mass is 10.2. The van der Waals surface area contributed by atoms with Crippen molar-refractivity contribution < 1.29 is 4.74 Å². The summed E-state index contributed by atoms with van der Waals surface area (Å²) in [5.74, 6) is 0. The van der Waals surface area contributed by atoms with Crippen molar-refractivity contribution in [1.29, 1.82) is 0 Å². The van der Waals surface area contributed by atoms with Crippen LogP contribution in [-0.2, 0) is 17.8 Å². The molecule has 1 aromatic heterocycles. The van der Waals surface area contributed by atoms with Crippen LogP contribution in [0.4, 0.5) is 0 Å². The fourth-order valence-electron chi connectivity index (χ4n) is 1.84. The van der Waals surface area contributed by atoms with Crippen molar-refractivity contribution in [3.8, 4) is 0 Å². The minimum absolute atomic E-state index is 0.0936. The molecule has 1 rings (SSSR count). The van der Waals surface area contributed by atoms with Gasteiger partial charge in [0.25, 0.3) is 5.56 Å². The Hall–Kier alpha value is -1.13. The summed E-state index contributed by atoms with van der Waals surface area (Å²) in [5, 5.41) is 3.30. The molecule has 18 heavy (non-hydrogen) atoms. The smallest absolute Gasteiger partial charge is 0.255 e. The minimum Gasteiger partial charge on any atom is -0.383 e. The van der Waals surface area contributed by atoms with Gasteiger partial charge in [-0.2, -0.15) is 0 Å². The second-order valence-electron chi connectivity index (χ2n) is 4.48. The van der Waals surface area contributed by atoms with Crippen molar-refractivity contribution in [2.24, 2.45) is 0 Å². The molecule has 0 aliphatic rings. The Labute approximate surface area is 109 Å². The van der Waals surface area contributed by atoms with Crippen LogP contribution in [0.1, 0.15) is 31.0 Å². The van der Waals surface area contributed by atoms with Crippen molar-refractivity contribution in [2.45, 2.75) is 39.8 Å². The van der Waals surface area contributed by atoms with Gasteiger partial charge in [0.15, 0.2) is 0 Å². The van der Waals surface area contributed by atoms with Crippen LogP contribution in [0.3, 0.4) is 0 Å². The third-order valence-electron chi connectivity index (χ3n) is 3.01. The van der Waals surface area contributed by atoms with E-state index < -0.39 is 0 Å². The molecule has 1 N–H and O–H groups in total. The van der Waals surface area contributed by atoms with E-state index in [1.165, 1.54) is 6.42 Å². The van der Waals surface area contributed by atoms with Crippen LogP contribution in [-0.4, -0.2) is 24.8 Å². The predicted molar refractivity (Wildman–Crippen MR) is 73.9 cm³/mol. The first-order chi connectivity index (χ1) is 8.70. The molecular weight excluding hydrogens is 228 g/mol. The molecule has 0 atom stereocenters. The molecule has 4 nitrogen and oxygen atoms in total. The van der Waals surface area contributed by atoms with Crippen LogP contribution in [0.15, 0.2) is 16.9 Å². The van der Waals surface area contributed by atoms with Crippen molar-refractivity contribution in [3.05, 3.63) is 33.7 Å². The topological polar surface area (TPSA) is 43.3 Å². The first-order valence-electron chi connectivity index (χ1n) is 6.59. The van der Waals surface area contributed by atoms with Crippen LogP contribution in [0, 0.1) is 6.92 Å². The lowest BCUT2D eigenvalue weighted by Gasteiger charge is -2.12. The van der Waals surface area contributed by atoms with Gasteiger partial charge in [-0.1, -0.05) is 19.4 Å². The fraction of sp³-hybridized carbons (Fsp3) is 0.643. The highest BCUT2D eigenvalue weighted by molar-refractivity contribution is 5.15. The Morgan fingerprint density at radius 2 is 2.17 bits per heavy atom. The number of pyridine rings is 1. The van der Waals surface area contributed by atoms with Gasteiger partial charge in [-0.3, -0.25) is 4.79 Å². The van der Waals surface area contributed by atoms with Crippen molar-refractivity contribution in [2.75, 3.05) is 20.3 Å². The van der Waals surface area contributed by atoms with E-state index in [4.69, 9.17) is 4.74 Å². The van der Waals surface area contributed by atoms with Crippen molar-refractivity contribution in [3.63, 3.8) is 0 Å². The number of nitrogens with one attached hydrogen (secondary N) is 1. The minimum atomic E-state index is 0.0936. The largest absolute Gasteiger partial charge is 0.383 e. The zero-order valence-electron chi connectivity index (χ0n) is 11.7. The summed E-state index contributed by atoms with van der Waals surface area (Å²) in [7, 11) is 1.65. The summed E-state index contributed by atoms with van der Waals surface area (Å²) in [6.45, 7) is 6.89. The second-order valence-corrected chi connectivity index (χ2v) is 4.48. The van der Waals surface area contributed by atoms with Crippen molar-refractivity contribution >= 4 is 0 Å². The lowest BCUT2D eigenvalue weighted by molar-refractivity contribution is 0.185. The first kappa shape index (κ1) is 14.9. The molecule has 4 heteroatoms. The number of aromatic nitrogens is 1. The molecule has 0 unspecified atom stereocenters. The number of methoxy groups -OCH3 is 1. The van der Waals surface area contributed by atoms with Gasteiger partial charge in [-0.05, 0) is 26.0 Å². The van der Waals surface area contributed by atoms with Gasteiger partial charge in [0.2, 0.25) is 0 Å². The lowest BCUT2D eigenvalue weighted by Crippen LogP contribution is -2.29. The van der Waals surface area contributed by atoms with Crippen LogP contribution < -0.4 is 10.9 Å². The summed E-state index contributed by atoms with van der Waals surface area (Å²) in [4.78, 5) is 12.2. The van der Waals surface area contributed by atoms with Crippen LogP contribution in [0.2, 0.25) is 0 Å². The van der Waals surface area contributed by atoms with E-state index in [1.807, 2.05) is 19.1 Å². The molecule has 0 radical (unpaired) electrons. The molecule has 0 spiro atoms. The molecule has 1 aromatic rings. The van der Waals surface area contributed by atoms with Gasteiger partial charge in [-0.15, -0.1) is 0 Å². The van der Waals surface area contributed by atoms with E-state index in [9.17, 15) is 4.79 Å². The summed E-state index contributed by atoms with van der Waals surface area (Å²) < 4.78 is 6.81. The third kappa shape index (κ3) is 4.27. The van der Waals surface area contributed by atoms with E-state index in [1.54, 1.807) is 11.7 Å². The van der Waals surface area contributed by atoms with E-state index in [0.29, 0.717) is 19.7 Å². The molecular formula is C14H24N2O2. The summed E-state index contributed by atoms with van der Waals surface area (Å²) in [6.07, 6.45) is 2.31. The zero-order chi connectivity index (χ0) is 13.4. The van der Waals surface area contributed by atoms with Gasteiger partial charge in [0, 0.05) is 31.5 Å². The Kier molecular flexibility index (Phi) is 6.68. The van der Waals surface area contributed by atoms with E-state index >= 15 is 0 Å². The number of aryl methyl sites for hydroxylation is 1. The van der Waals surface area contributed by atoms with E-state index in [-0.39, 0.29) is 5.56 Å². The van der Waals surface area contributed by atoms with E-state index in [0.717, 1.165) is 24.2 Å². The number of unbranched alkanes of at least 4 members (excludes halogenated alkanes) is 1. The molecule has 102 valence electrons. The first-order valence-corrected chi connectivity index (χ1v) is 6.59. The number of hydrogen-bond donors (Lipinski definition) is 1. The highest BCUT2D eigenvalue weighted by Gasteiger charge is 2.05. The summed E-state index contributed by atoms with van der Waals surface area (Å²) >= 11 is 0. The molecule has 0 aliphatic carbocycles. The highest BCUT2D eigenvalue weighted by Crippen LogP contribution is 1.99. The SMILES string of the molecule is CCCCNCc1ccc(C)n(CCOC)c1=O. The predicted octanol–water partition coefficient (Wildman–Crippen LogP) is 1.69. The van der Waals surface area contributed by atoms with Crippen molar-refractivity contribution in [1.82, 2.24) is 9.88 Å². The van der Waals surface area contributed by atoms with Gasteiger partial charge in [-0.25, -0.2) is 0 Å². The molecule has 0 saturated carbocycles. The number of nitrogens with zero attached hydrogens (tertiary/aromatic N) is 1.